The average molecular weight is 551 g/mol. The topological polar surface area (TPSA) is 107 Å². The van der Waals surface area contributed by atoms with Crippen LogP contribution in [0.5, 0.6) is 0 Å². The van der Waals surface area contributed by atoms with Gasteiger partial charge in [0.05, 0.1) is 23.5 Å². The fraction of sp³-hybridized carbons (Fsp3) is 0.577. The molecule has 7 heterocycles. The first-order chi connectivity index (χ1) is 19.0. The van der Waals surface area contributed by atoms with E-state index in [9.17, 15) is 9.59 Å². The Morgan fingerprint density at radius 2 is 1.87 bits per heavy atom. The Morgan fingerprint density at radius 3 is 2.59 bits per heavy atom. The molecule has 4 aliphatic rings. The lowest BCUT2D eigenvalue weighted by Gasteiger charge is -2.44. The summed E-state index contributed by atoms with van der Waals surface area (Å²) in [6.45, 7) is 5.16. The van der Waals surface area contributed by atoms with E-state index in [1.807, 2.05) is 35.1 Å². The third kappa shape index (κ3) is 4.71. The van der Waals surface area contributed by atoms with Gasteiger partial charge in [0.15, 0.2) is 5.65 Å². The maximum absolute atomic E-state index is 13.1. The summed E-state index contributed by atoms with van der Waals surface area (Å²) in [4.78, 5) is 39.2. The molecule has 1 N–H and O–H groups in total. The monoisotopic (exact) mass is 550 g/mol. The molecule has 0 saturated carbocycles. The highest BCUT2D eigenvalue weighted by Gasteiger charge is 2.45. The van der Waals surface area contributed by atoms with Crippen molar-refractivity contribution in [1.82, 2.24) is 39.1 Å². The van der Waals surface area contributed by atoms with Crippen molar-refractivity contribution in [2.45, 2.75) is 31.5 Å². The summed E-state index contributed by atoms with van der Waals surface area (Å²) in [6, 6.07) is 4.62. The van der Waals surface area contributed by atoms with E-state index in [1.165, 1.54) is 0 Å². The normalized spacial score (nSPS) is 23.9. The Hall–Kier alpha value is -3.32. The number of carbonyl (C=O) groups excluding carboxylic acids is 2. The number of hydrogen-bond acceptors (Lipinski definition) is 9. The summed E-state index contributed by atoms with van der Waals surface area (Å²) in [5.41, 5.74) is 2.56. The van der Waals surface area contributed by atoms with Gasteiger partial charge in [-0.1, -0.05) is 0 Å². The SMILES string of the molecule is CN1CCN(C(=O)Cn2cc(Nc3nc4c(N5CC6CCC(C5)N6C(=O)C5CSC5)cccn4n3)cn2)CC1. The van der Waals surface area contributed by atoms with Crippen LogP contribution in [0.15, 0.2) is 30.7 Å². The number of nitrogens with zero attached hydrogens (tertiary/aromatic N) is 9. The maximum atomic E-state index is 13.1. The third-order valence-corrected chi connectivity index (χ3v) is 9.73. The first-order valence-electron chi connectivity index (χ1n) is 13.8. The summed E-state index contributed by atoms with van der Waals surface area (Å²) < 4.78 is 3.45. The zero-order valence-electron chi connectivity index (χ0n) is 22.1. The number of thioether (sulfide) groups is 1. The van der Waals surface area contributed by atoms with Crippen molar-refractivity contribution < 1.29 is 9.59 Å². The van der Waals surface area contributed by atoms with Crippen molar-refractivity contribution in [3.05, 3.63) is 30.7 Å². The molecular formula is C26H34N10O2S. The lowest BCUT2D eigenvalue weighted by Crippen LogP contribution is -2.58. The van der Waals surface area contributed by atoms with Crippen LogP contribution in [-0.4, -0.2) is 121 Å². The molecule has 4 aliphatic heterocycles. The van der Waals surface area contributed by atoms with Gasteiger partial charge in [-0.15, -0.1) is 5.10 Å². The Morgan fingerprint density at radius 1 is 1.10 bits per heavy atom. The van der Waals surface area contributed by atoms with Crippen LogP contribution in [0.25, 0.3) is 5.65 Å². The van der Waals surface area contributed by atoms with Crippen molar-refractivity contribution in [2.24, 2.45) is 5.92 Å². The number of nitrogens with one attached hydrogen (secondary N) is 1. The number of fused-ring (bicyclic) bond motifs is 3. The maximum Gasteiger partial charge on any atom is 0.247 e. The second kappa shape index (κ2) is 10.0. The van der Waals surface area contributed by atoms with Crippen LogP contribution < -0.4 is 10.2 Å². The van der Waals surface area contributed by atoms with E-state index >= 15 is 0 Å². The molecule has 12 nitrogen and oxygen atoms in total. The molecule has 4 saturated heterocycles. The second-order valence-corrected chi connectivity index (χ2v) is 12.2. The number of amides is 2. The molecule has 2 unspecified atom stereocenters. The highest BCUT2D eigenvalue weighted by Crippen LogP contribution is 2.37. The smallest absolute Gasteiger partial charge is 0.247 e. The predicted octanol–water partition coefficient (Wildman–Crippen LogP) is 0.986. The summed E-state index contributed by atoms with van der Waals surface area (Å²) in [6.07, 6.45) is 7.54. The van der Waals surface area contributed by atoms with Crippen LogP contribution in [0.3, 0.4) is 0 Å². The molecule has 2 amide bonds. The first kappa shape index (κ1) is 24.7. The number of hydrogen-bond donors (Lipinski definition) is 1. The molecule has 0 aliphatic carbocycles. The van der Waals surface area contributed by atoms with Gasteiger partial charge in [0.1, 0.15) is 6.54 Å². The predicted molar refractivity (Wildman–Crippen MR) is 149 cm³/mol. The molecule has 0 radical (unpaired) electrons. The number of pyridine rings is 1. The molecule has 2 atom stereocenters. The Labute approximate surface area is 231 Å². The van der Waals surface area contributed by atoms with Crippen molar-refractivity contribution in [3.63, 3.8) is 0 Å². The standard InChI is InChI=1S/C26H34N10O2S/c1-31-7-9-32(10-8-31)23(37)15-34-12-19(11-27-34)28-26-29-24-22(3-2-6-35(24)30-26)33-13-20-4-5-21(14-33)36(20)25(38)18-16-39-17-18/h2-3,6,11-12,18,20-21H,4-5,7-10,13-17H2,1H3,(H,28,30). The van der Waals surface area contributed by atoms with E-state index in [-0.39, 0.29) is 30.5 Å². The quantitative estimate of drug-likeness (QED) is 0.481. The van der Waals surface area contributed by atoms with E-state index < -0.39 is 0 Å². The van der Waals surface area contributed by atoms with Crippen LogP contribution in [0.1, 0.15) is 12.8 Å². The van der Waals surface area contributed by atoms with Crippen LogP contribution >= 0.6 is 11.8 Å². The Bertz CT molecular complexity index is 1360. The van der Waals surface area contributed by atoms with Gasteiger partial charge < -0.3 is 24.9 Å². The molecule has 0 spiro atoms. The number of anilines is 3. The fourth-order valence-corrected chi connectivity index (χ4v) is 6.94. The number of aromatic nitrogens is 5. The molecular weight excluding hydrogens is 516 g/mol. The number of carbonyl (C=O) groups is 2. The van der Waals surface area contributed by atoms with E-state index in [2.05, 4.69) is 43.3 Å². The third-order valence-electron chi connectivity index (χ3n) is 8.45. The van der Waals surface area contributed by atoms with Gasteiger partial charge in [0.2, 0.25) is 17.8 Å². The number of rotatable bonds is 6. The van der Waals surface area contributed by atoms with E-state index in [4.69, 9.17) is 4.98 Å². The van der Waals surface area contributed by atoms with E-state index in [1.54, 1.807) is 15.4 Å². The molecule has 13 heteroatoms. The van der Waals surface area contributed by atoms with Gasteiger partial charge in [0, 0.05) is 75.3 Å². The van der Waals surface area contributed by atoms with Gasteiger partial charge >= 0.3 is 0 Å². The van der Waals surface area contributed by atoms with E-state index in [0.29, 0.717) is 11.9 Å². The zero-order valence-corrected chi connectivity index (χ0v) is 23.0. The molecule has 0 aromatic carbocycles. The first-order valence-corrected chi connectivity index (χ1v) is 14.9. The minimum atomic E-state index is 0.0792. The van der Waals surface area contributed by atoms with Crippen LogP contribution in [-0.2, 0) is 16.1 Å². The van der Waals surface area contributed by atoms with Crippen molar-refractivity contribution >= 4 is 46.5 Å². The van der Waals surface area contributed by atoms with Gasteiger partial charge in [-0.2, -0.15) is 21.8 Å². The molecule has 3 aromatic rings. The van der Waals surface area contributed by atoms with Crippen LogP contribution in [0, 0.1) is 5.92 Å². The Balaban J connectivity index is 1.03. The Kier molecular flexibility index (Phi) is 6.34. The molecule has 3 aromatic heterocycles. The van der Waals surface area contributed by atoms with E-state index in [0.717, 1.165) is 80.6 Å². The molecule has 4 fully saturated rings. The minimum Gasteiger partial charge on any atom is -0.364 e. The summed E-state index contributed by atoms with van der Waals surface area (Å²) in [5, 5.41) is 12.3. The lowest BCUT2D eigenvalue weighted by atomic mass is 10.1. The van der Waals surface area contributed by atoms with Crippen LogP contribution in [0.4, 0.5) is 17.3 Å². The molecule has 206 valence electrons. The number of likely N-dealkylation sites (N-methyl/N-ethyl adjacent to an activating group) is 1. The fourth-order valence-electron chi connectivity index (χ4n) is 6.18. The summed E-state index contributed by atoms with van der Waals surface area (Å²) >= 11 is 1.87. The van der Waals surface area contributed by atoms with Crippen LogP contribution in [0.2, 0.25) is 0 Å². The summed E-state index contributed by atoms with van der Waals surface area (Å²) in [7, 11) is 2.08. The van der Waals surface area contributed by atoms with Crippen molar-refractivity contribution in [2.75, 3.05) is 68.0 Å². The highest BCUT2D eigenvalue weighted by atomic mass is 32.2. The number of piperazine rings is 2. The average Bonchev–Trinajstić information content (AvgIpc) is 3.58. The zero-order chi connectivity index (χ0) is 26.5. The lowest BCUT2D eigenvalue weighted by molar-refractivity contribution is -0.138. The second-order valence-electron chi connectivity index (χ2n) is 11.1. The van der Waals surface area contributed by atoms with Crippen molar-refractivity contribution in [1.29, 1.82) is 0 Å². The molecule has 39 heavy (non-hydrogen) atoms. The molecule has 7 rings (SSSR count). The highest BCUT2D eigenvalue weighted by molar-refractivity contribution is 8.00. The summed E-state index contributed by atoms with van der Waals surface area (Å²) in [5.74, 6) is 3.07. The largest absolute Gasteiger partial charge is 0.364 e. The molecule has 2 bridgehead atoms. The van der Waals surface area contributed by atoms with Gasteiger partial charge in [-0.25, -0.2) is 4.52 Å². The van der Waals surface area contributed by atoms with Gasteiger partial charge in [-0.3, -0.25) is 14.3 Å². The van der Waals surface area contributed by atoms with Gasteiger partial charge in [0.25, 0.3) is 0 Å². The minimum absolute atomic E-state index is 0.0792. The van der Waals surface area contributed by atoms with Crippen molar-refractivity contribution in [3.8, 4) is 0 Å². The van der Waals surface area contributed by atoms with Gasteiger partial charge in [-0.05, 0) is 32.0 Å².